The van der Waals surface area contributed by atoms with Gasteiger partial charge in [-0.25, -0.2) is 0 Å². The van der Waals surface area contributed by atoms with Gasteiger partial charge >= 0.3 is 26.2 Å². The van der Waals surface area contributed by atoms with Crippen molar-refractivity contribution in [2.45, 2.75) is 105 Å². The van der Waals surface area contributed by atoms with E-state index in [0.29, 0.717) is 0 Å². The fourth-order valence-electron chi connectivity index (χ4n) is 2.35. The van der Waals surface area contributed by atoms with Crippen LogP contribution in [-0.4, -0.2) is 11.9 Å². The summed E-state index contributed by atoms with van der Waals surface area (Å²) in [6.07, 6.45) is 11.3. The predicted molar refractivity (Wildman–Crippen MR) is 95.1 cm³/mol. The van der Waals surface area contributed by atoms with Crippen molar-refractivity contribution in [1.29, 1.82) is 0 Å². The molecule has 0 unspecified atom stereocenters. The topological polar surface area (TPSA) is 80.3 Å². The van der Waals surface area contributed by atoms with Gasteiger partial charge in [0.05, 0.1) is 0 Å². The number of carboxylic acid groups (broad SMARTS) is 2. The summed E-state index contributed by atoms with van der Waals surface area (Å²) in [5, 5.41) is 20.1. The first kappa shape index (κ1) is 29.6. The largest absolute Gasteiger partial charge is 2.00 e. The van der Waals surface area contributed by atoms with Crippen molar-refractivity contribution >= 4 is 11.9 Å². The summed E-state index contributed by atoms with van der Waals surface area (Å²) >= 11 is 0. The van der Waals surface area contributed by atoms with E-state index < -0.39 is 11.9 Å². The van der Waals surface area contributed by atoms with E-state index in [0.717, 1.165) is 50.4 Å². The van der Waals surface area contributed by atoms with Crippen molar-refractivity contribution in [2.24, 2.45) is 11.8 Å². The molecule has 0 amide bonds. The second kappa shape index (κ2) is 21.9. The van der Waals surface area contributed by atoms with Crippen LogP contribution in [0, 0.1) is 11.8 Å². The normalized spacial score (nSPS) is 10.2. The number of hydrogen-bond donors (Lipinski definition) is 0. The maximum atomic E-state index is 10.0. The van der Waals surface area contributed by atoms with E-state index in [4.69, 9.17) is 0 Å². The van der Waals surface area contributed by atoms with Crippen molar-refractivity contribution in [2.75, 3.05) is 0 Å². The molecule has 0 atom stereocenters. The molecule has 0 aromatic rings. The minimum atomic E-state index is -0.918. The van der Waals surface area contributed by atoms with E-state index in [1.165, 1.54) is 25.7 Å². The number of carboxylic acids is 2. The molecule has 0 aliphatic carbocycles. The number of rotatable bonds is 14. The molecule has 146 valence electrons. The zero-order chi connectivity index (χ0) is 18.8. The predicted octanol–water partition coefficient (Wildman–Crippen LogP) is 3.46. The van der Waals surface area contributed by atoms with Crippen molar-refractivity contribution in [3.63, 3.8) is 0 Å². The van der Waals surface area contributed by atoms with Crippen LogP contribution in [0.3, 0.4) is 0 Å². The average molecular weight is 434 g/mol. The molecule has 4 nitrogen and oxygen atoms in total. The van der Waals surface area contributed by atoms with Gasteiger partial charge in [-0.3, -0.25) is 0 Å². The molecule has 25 heavy (non-hydrogen) atoms. The molecule has 0 bridgehead atoms. The summed E-state index contributed by atoms with van der Waals surface area (Å²) in [6, 6.07) is 0. The maximum Gasteiger partial charge on any atom is 2.00 e. The monoisotopic (exact) mass is 432 g/mol. The van der Waals surface area contributed by atoms with Crippen LogP contribution < -0.4 is 10.2 Å². The third-order valence-corrected chi connectivity index (χ3v) is 3.82. The molecule has 0 fully saturated rings. The summed E-state index contributed by atoms with van der Waals surface area (Å²) in [5.74, 6) is -0.296. The quantitative estimate of drug-likeness (QED) is 0.393. The Morgan fingerprint density at radius 2 is 0.880 bits per heavy atom. The van der Waals surface area contributed by atoms with Crippen LogP contribution in [-0.2, 0) is 35.8 Å². The Hall–Kier alpha value is -0.177. The molecule has 0 aliphatic heterocycles. The van der Waals surface area contributed by atoms with E-state index in [1.54, 1.807) is 0 Å². The Morgan fingerprint density at radius 3 is 1.12 bits per heavy atom. The van der Waals surface area contributed by atoms with Crippen LogP contribution in [0.5, 0.6) is 0 Å². The van der Waals surface area contributed by atoms with Gasteiger partial charge in [0.25, 0.3) is 0 Å². The summed E-state index contributed by atoms with van der Waals surface area (Å²) in [4.78, 5) is 20.1. The second-order valence-corrected chi connectivity index (χ2v) is 7.44. The van der Waals surface area contributed by atoms with E-state index in [9.17, 15) is 19.8 Å². The van der Waals surface area contributed by atoms with Crippen molar-refractivity contribution in [3.05, 3.63) is 0 Å². The van der Waals surface area contributed by atoms with Gasteiger partial charge in [0.15, 0.2) is 0 Å². The van der Waals surface area contributed by atoms with Crippen LogP contribution in [0.2, 0.25) is 0 Å². The molecule has 0 aromatic carbocycles. The first-order chi connectivity index (χ1) is 11.3. The van der Waals surface area contributed by atoms with E-state index in [2.05, 4.69) is 27.7 Å². The zero-order valence-electron chi connectivity index (χ0n) is 16.8. The van der Waals surface area contributed by atoms with Crippen molar-refractivity contribution in [3.8, 4) is 0 Å². The SMILES string of the molecule is CC(C)CCCCCCC(=O)[O-].CC(C)CCCCCCC(=O)[O-].[Zr+2]. The smallest absolute Gasteiger partial charge is 0.550 e. The van der Waals surface area contributed by atoms with Gasteiger partial charge < -0.3 is 19.8 Å². The van der Waals surface area contributed by atoms with Crippen LogP contribution in [0.25, 0.3) is 0 Å². The van der Waals surface area contributed by atoms with Gasteiger partial charge in [0.2, 0.25) is 0 Å². The Balaban J connectivity index is -0.000000372. The molecule has 5 heteroatoms. The molecule has 0 N–H and O–H groups in total. The summed E-state index contributed by atoms with van der Waals surface area (Å²) in [7, 11) is 0. The molecule has 0 saturated carbocycles. The Bertz CT molecular complexity index is 274. The van der Waals surface area contributed by atoms with Gasteiger partial charge in [-0.05, 0) is 37.5 Å². The fourth-order valence-corrected chi connectivity index (χ4v) is 2.35. The average Bonchev–Trinajstić information content (AvgIpc) is 2.46. The minimum absolute atomic E-state index is 0. The number of hydrogen-bond acceptors (Lipinski definition) is 4. The number of aliphatic carboxylic acids is 2. The summed E-state index contributed by atoms with van der Waals surface area (Å²) in [6.45, 7) is 8.84. The van der Waals surface area contributed by atoms with Gasteiger partial charge in [-0.15, -0.1) is 0 Å². The first-order valence-corrected chi connectivity index (χ1v) is 9.65. The van der Waals surface area contributed by atoms with Crippen LogP contribution in [0.15, 0.2) is 0 Å². The Morgan fingerprint density at radius 1 is 0.600 bits per heavy atom. The molecule has 0 aromatic heterocycles. The second-order valence-electron chi connectivity index (χ2n) is 7.44. The fraction of sp³-hybridized carbons (Fsp3) is 0.900. The Labute approximate surface area is 174 Å². The molecule has 0 aliphatic rings. The maximum absolute atomic E-state index is 10.0. The standard InChI is InChI=1S/2C10H20O2.Zr/c2*1-9(2)7-5-3-4-6-8-10(11)12;/h2*9H,3-8H2,1-2H3,(H,11,12);/q;;+2/p-2. The van der Waals surface area contributed by atoms with Crippen molar-refractivity contribution < 1.29 is 46.0 Å². The third kappa shape index (κ3) is 35.7. The van der Waals surface area contributed by atoms with Crippen LogP contribution in [0.4, 0.5) is 0 Å². The van der Waals surface area contributed by atoms with E-state index in [1.807, 2.05) is 0 Å². The van der Waals surface area contributed by atoms with E-state index in [-0.39, 0.29) is 39.0 Å². The van der Waals surface area contributed by atoms with Gasteiger partial charge in [-0.1, -0.05) is 79.1 Å². The van der Waals surface area contributed by atoms with Crippen molar-refractivity contribution in [1.82, 2.24) is 0 Å². The van der Waals surface area contributed by atoms with Gasteiger partial charge in [-0.2, -0.15) is 0 Å². The number of carbonyl (C=O) groups excluding carboxylic acids is 2. The summed E-state index contributed by atoms with van der Waals surface area (Å²) < 4.78 is 0. The molecule has 0 heterocycles. The van der Waals surface area contributed by atoms with E-state index >= 15 is 0 Å². The zero-order valence-corrected chi connectivity index (χ0v) is 19.2. The van der Waals surface area contributed by atoms with Gasteiger partial charge in [0, 0.05) is 11.9 Å². The molecule has 0 spiro atoms. The molecule has 0 saturated heterocycles. The molecule has 0 radical (unpaired) electrons. The summed E-state index contributed by atoms with van der Waals surface area (Å²) in [5.41, 5.74) is 0. The number of unbranched alkanes of at least 4 members (excludes halogenated alkanes) is 6. The minimum Gasteiger partial charge on any atom is -0.550 e. The third-order valence-electron chi connectivity index (χ3n) is 3.82. The molecular formula is C20H38O4Zr. The Kier molecular flexibility index (Phi) is 25.9. The molecule has 0 rings (SSSR count). The number of carbonyl (C=O) groups is 2. The first-order valence-electron chi connectivity index (χ1n) is 9.65. The van der Waals surface area contributed by atoms with Crippen LogP contribution >= 0.6 is 0 Å². The molecular weight excluding hydrogens is 395 g/mol. The van der Waals surface area contributed by atoms with Crippen LogP contribution in [0.1, 0.15) is 105 Å². The van der Waals surface area contributed by atoms with Gasteiger partial charge in [0.1, 0.15) is 0 Å².